The molecule has 96 valence electrons. The summed E-state index contributed by atoms with van der Waals surface area (Å²) in [4.78, 5) is 4.01. The van der Waals surface area contributed by atoms with Gasteiger partial charge in [0, 0.05) is 31.7 Å². The molecule has 0 saturated carbocycles. The van der Waals surface area contributed by atoms with Crippen LogP contribution in [0, 0.1) is 0 Å². The number of nitrogens with zero attached hydrogens (tertiary/aromatic N) is 3. The van der Waals surface area contributed by atoms with Gasteiger partial charge in [0.15, 0.2) is 0 Å². The first kappa shape index (κ1) is 12.8. The van der Waals surface area contributed by atoms with Gasteiger partial charge < -0.3 is 5.32 Å². The molecule has 0 fully saturated rings. The molecule has 1 N–H and O–H groups in total. The molecule has 0 saturated heterocycles. The molecular weight excluding hydrogens is 224 g/mol. The Balaban J connectivity index is 1.73. The van der Waals surface area contributed by atoms with Crippen LogP contribution in [0.15, 0.2) is 36.8 Å². The van der Waals surface area contributed by atoms with E-state index >= 15 is 0 Å². The maximum Gasteiger partial charge on any atom is 0.0522 e. The van der Waals surface area contributed by atoms with Gasteiger partial charge in [-0.25, -0.2) is 0 Å². The number of aromatic nitrogens is 3. The van der Waals surface area contributed by atoms with E-state index in [-0.39, 0.29) is 0 Å². The summed E-state index contributed by atoms with van der Waals surface area (Å²) < 4.78 is 2.07. The van der Waals surface area contributed by atoms with Gasteiger partial charge in [0.25, 0.3) is 0 Å². The highest BCUT2D eigenvalue weighted by Gasteiger charge is 2.00. The molecule has 0 aliphatic rings. The molecular formula is C14H20N4. The summed E-state index contributed by atoms with van der Waals surface area (Å²) in [6.45, 7) is 5.02. The van der Waals surface area contributed by atoms with Gasteiger partial charge in [0.2, 0.25) is 0 Å². The van der Waals surface area contributed by atoms with Crippen LogP contribution >= 0.6 is 0 Å². The van der Waals surface area contributed by atoms with Crippen molar-refractivity contribution in [2.75, 3.05) is 6.54 Å². The van der Waals surface area contributed by atoms with Gasteiger partial charge >= 0.3 is 0 Å². The predicted molar refractivity (Wildman–Crippen MR) is 72.2 cm³/mol. The van der Waals surface area contributed by atoms with Crippen molar-refractivity contribution < 1.29 is 0 Å². The molecule has 2 heterocycles. The molecule has 4 heteroatoms. The molecule has 0 aliphatic heterocycles. The van der Waals surface area contributed by atoms with Crippen LogP contribution < -0.4 is 5.32 Å². The standard InChI is InChI=1S/C14H20N4/c1-2-11-18-14(6-10-17-18)12-16-9-5-13-3-7-15-8-4-13/h3-4,6-8,10,16H,2,5,9,11-12H2,1H3. The minimum absolute atomic E-state index is 0.880. The Labute approximate surface area is 108 Å². The largest absolute Gasteiger partial charge is 0.311 e. The summed E-state index contributed by atoms with van der Waals surface area (Å²) in [6.07, 6.45) is 7.70. The molecule has 2 aromatic rings. The molecule has 18 heavy (non-hydrogen) atoms. The van der Waals surface area contributed by atoms with E-state index in [1.807, 2.05) is 18.6 Å². The lowest BCUT2D eigenvalue weighted by Gasteiger charge is -2.07. The lowest BCUT2D eigenvalue weighted by atomic mass is 10.2. The highest BCUT2D eigenvalue weighted by Crippen LogP contribution is 2.00. The normalized spacial score (nSPS) is 10.7. The first-order chi connectivity index (χ1) is 8.90. The van der Waals surface area contributed by atoms with Crippen LogP contribution in [0.1, 0.15) is 24.6 Å². The lowest BCUT2D eigenvalue weighted by Crippen LogP contribution is -2.19. The van der Waals surface area contributed by atoms with Gasteiger partial charge in [0.1, 0.15) is 0 Å². The Hall–Kier alpha value is -1.68. The first-order valence-electron chi connectivity index (χ1n) is 6.50. The van der Waals surface area contributed by atoms with Crippen molar-refractivity contribution in [3.8, 4) is 0 Å². The molecule has 0 aliphatic carbocycles. The Bertz CT molecular complexity index is 450. The van der Waals surface area contributed by atoms with Gasteiger partial charge in [0.05, 0.1) is 5.69 Å². The molecule has 0 unspecified atom stereocenters. The monoisotopic (exact) mass is 244 g/mol. The minimum atomic E-state index is 0.880. The van der Waals surface area contributed by atoms with Gasteiger partial charge in [-0.3, -0.25) is 9.67 Å². The first-order valence-corrected chi connectivity index (χ1v) is 6.50. The Morgan fingerprint density at radius 1 is 1.17 bits per heavy atom. The van der Waals surface area contributed by atoms with Crippen LogP contribution in [0.3, 0.4) is 0 Å². The van der Waals surface area contributed by atoms with Crippen molar-refractivity contribution in [2.24, 2.45) is 0 Å². The second kappa shape index (κ2) is 6.91. The minimum Gasteiger partial charge on any atom is -0.311 e. The lowest BCUT2D eigenvalue weighted by molar-refractivity contribution is 0.550. The quantitative estimate of drug-likeness (QED) is 0.758. The molecule has 2 aromatic heterocycles. The second-order valence-corrected chi connectivity index (χ2v) is 4.33. The number of pyridine rings is 1. The Kier molecular flexibility index (Phi) is 4.90. The van der Waals surface area contributed by atoms with Gasteiger partial charge in [-0.15, -0.1) is 0 Å². The van der Waals surface area contributed by atoms with Crippen molar-refractivity contribution >= 4 is 0 Å². The van der Waals surface area contributed by atoms with E-state index in [1.54, 1.807) is 0 Å². The summed E-state index contributed by atoms with van der Waals surface area (Å²) in [6, 6.07) is 6.20. The van der Waals surface area contributed by atoms with Gasteiger partial charge in [-0.2, -0.15) is 5.10 Å². The third-order valence-corrected chi connectivity index (χ3v) is 2.89. The summed E-state index contributed by atoms with van der Waals surface area (Å²) >= 11 is 0. The zero-order chi connectivity index (χ0) is 12.6. The molecule has 0 aromatic carbocycles. The van der Waals surface area contributed by atoms with Crippen molar-refractivity contribution in [1.82, 2.24) is 20.1 Å². The number of hydrogen-bond acceptors (Lipinski definition) is 3. The molecule has 0 amide bonds. The van der Waals surface area contributed by atoms with E-state index in [4.69, 9.17) is 0 Å². The highest BCUT2D eigenvalue weighted by atomic mass is 15.3. The SMILES string of the molecule is CCCn1nccc1CNCCc1ccncc1. The van der Waals surface area contributed by atoms with Crippen LogP contribution in [-0.4, -0.2) is 21.3 Å². The molecule has 0 bridgehead atoms. The van der Waals surface area contributed by atoms with Gasteiger partial charge in [-0.1, -0.05) is 6.92 Å². The predicted octanol–water partition coefficient (Wildman–Crippen LogP) is 2.02. The van der Waals surface area contributed by atoms with E-state index in [1.165, 1.54) is 11.3 Å². The smallest absolute Gasteiger partial charge is 0.0522 e. The van der Waals surface area contributed by atoms with E-state index < -0.39 is 0 Å². The van der Waals surface area contributed by atoms with Crippen molar-refractivity contribution in [2.45, 2.75) is 32.9 Å². The number of aryl methyl sites for hydroxylation is 1. The maximum atomic E-state index is 4.31. The van der Waals surface area contributed by atoms with E-state index in [9.17, 15) is 0 Å². The fourth-order valence-electron chi connectivity index (χ4n) is 1.92. The molecule has 0 spiro atoms. The third kappa shape index (κ3) is 3.67. The van der Waals surface area contributed by atoms with Crippen LogP contribution in [-0.2, 0) is 19.5 Å². The second-order valence-electron chi connectivity index (χ2n) is 4.33. The zero-order valence-electron chi connectivity index (χ0n) is 10.8. The van der Waals surface area contributed by atoms with Crippen LogP contribution in [0.5, 0.6) is 0 Å². The summed E-state index contributed by atoms with van der Waals surface area (Å²) in [5, 5.41) is 7.77. The van der Waals surface area contributed by atoms with Crippen LogP contribution in [0.25, 0.3) is 0 Å². The van der Waals surface area contributed by atoms with Crippen molar-refractivity contribution in [3.05, 3.63) is 48.0 Å². The topological polar surface area (TPSA) is 42.7 Å². The third-order valence-electron chi connectivity index (χ3n) is 2.89. The molecule has 2 rings (SSSR count). The summed E-state index contributed by atoms with van der Waals surface area (Å²) in [7, 11) is 0. The molecule has 0 atom stereocenters. The number of rotatable bonds is 7. The average molecular weight is 244 g/mol. The maximum absolute atomic E-state index is 4.31. The Morgan fingerprint density at radius 2 is 2.00 bits per heavy atom. The van der Waals surface area contributed by atoms with Crippen LogP contribution in [0.4, 0.5) is 0 Å². The highest BCUT2D eigenvalue weighted by molar-refractivity contribution is 5.10. The number of nitrogens with one attached hydrogen (secondary N) is 1. The zero-order valence-corrected chi connectivity index (χ0v) is 10.8. The molecule has 0 radical (unpaired) electrons. The fraction of sp³-hybridized carbons (Fsp3) is 0.429. The number of hydrogen-bond donors (Lipinski definition) is 1. The van der Waals surface area contributed by atoms with Gasteiger partial charge in [-0.05, 0) is 43.1 Å². The van der Waals surface area contributed by atoms with Crippen molar-refractivity contribution in [1.29, 1.82) is 0 Å². The van der Waals surface area contributed by atoms with Crippen molar-refractivity contribution in [3.63, 3.8) is 0 Å². The van der Waals surface area contributed by atoms with E-state index in [0.29, 0.717) is 0 Å². The van der Waals surface area contributed by atoms with E-state index in [2.05, 4.69) is 45.2 Å². The summed E-state index contributed by atoms with van der Waals surface area (Å²) in [5.74, 6) is 0. The summed E-state index contributed by atoms with van der Waals surface area (Å²) in [5.41, 5.74) is 2.58. The van der Waals surface area contributed by atoms with Crippen LogP contribution in [0.2, 0.25) is 0 Å². The fourth-order valence-corrected chi connectivity index (χ4v) is 1.92. The van der Waals surface area contributed by atoms with E-state index in [0.717, 1.165) is 32.5 Å². The molecule has 4 nitrogen and oxygen atoms in total. The Morgan fingerprint density at radius 3 is 2.78 bits per heavy atom. The average Bonchev–Trinajstić information content (AvgIpc) is 2.84.